The summed E-state index contributed by atoms with van der Waals surface area (Å²) in [4.78, 5) is 30.4. The first-order valence-corrected chi connectivity index (χ1v) is 9.62. The Morgan fingerprint density at radius 2 is 1.90 bits per heavy atom. The molecule has 2 N–H and O–H groups in total. The molecule has 6 nitrogen and oxygen atoms in total. The first-order chi connectivity index (χ1) is 13.9. The number of hydrogen-bond acceptors (Lipinski definition) is 3. The van der Waals surface area contributed by atoms with Gasteiger partial charge in [0, 0.05) is 30.2 Å². The molecule has 0 aliphatic rings. The smallest absolute Gasteiger partial charge is 0.270 e. The molecule has 6 heteroatoms. The molecule has 0 spiro atoms. The van der Waals surface area contributed by atoms with E-state index in [1.165, 1.54) is 4.90 Å². The Morgan fingerprint density at radius 3 is 2.66 bits per heavy atom. The average molecular weight is 393 g/mol. The summed E-state index contributed by atoms with van der Waals surface area (Å²) in [5.41, 5.74) is 5.35. The van der Waals surface area contributed by atoms with Crippen molar-refractivity contribution in [1.29, 1.82) is 0 Å². The van der Waals surface area contributed by atoms with Gasteiger partial charge in [-0.2, -0.15) is 0 Å². The van der Waals surface area contributed by atoms with Crippen LogP contribution in [0.25, 0.3) is 10.9 Å². The number of carbonyl (C=O) groups excluding carboxylic acids is 2. The lowest BCUT2D eigenvalue weighted by atomic mass is 10.1. The van der Waals surface area contributed by atoms with Gasteiger partial charge in [0.25, 0.3) is 5.91 Å². The second kappa shape index (κ2) is 8.92. The number of methoxy groups -OCH3 is 1. The predicted octanol–water partition coefficient (Wildman–Crippen LogP) is 3.82. The third-order valence-corrected chi connectivity index (χ3v) is 5.07. The molecule has 0 atom stereocenters. The summed E-state index contributed by atoms with van der Waals surface area (Å²) in [5, 5.41) is 3.89. The SMILES string of the molecule is COCCN(CC(=O)Nc1cccc(C)c1C)C(=O)c1cc2cc(C)ccc2[nH]1. The highest BCUT2D eigenvalue weighted by Crippen LogP contribution is 2.19. The molecule has 0 radical (unpaired) electrons. The van der Waals surface area contributed by atoms with Crippen molar-refractivity contribution in [3.63, 3.8) is 0 Å². The van der Waals surface area contributed by atoms with Crippen LogP contribution in [0.5, 0.6) is 0 Å². The summed E-state index contributed by atoms with van der Waals surface area (Å²) in [5.74, 6) is -0.470. The van der Waals surface area contributed by atoms with E-state index in [0.29, 0.717) is 18.8 Å². The van der Waals surface area contributed by atoms with E-state index in [0.717, 1.165) is 33.3 Å². The minimum Gasteiger partial charge on any atom is -0.383 e. The van der Waals surface area contributed by atoms with Crippen molar-refractivity contribution < 1.29 is 14.3 Å². The summed E-state index contributed by atoms with van der Waals surface area (Å²) >= 11 is 0. The number of nitrogens with zero attached hydrogens (tertiary/aromatic N) is 1. The van der Waals surface area contributed by atoms with E-state index in [1.54, 1.807) is 7.11 Å². The molecule has 0 unspecified atom stereocenters. The number of aryl methyl sites for hydroxylation is 2. The zero-order valence-electron chi connectivity index (χ0n) is 17.3. The summed E-state index contributed by atoms with van der Waals surface area (Å²) in [6.45, 7) is 6.59. The highest BCUT2D eigenvalue weighted by atomic mass is 16.5. The number of ether oxygens (including phenoxy) is 1. The number of rotatable bonds is 7. The zero-order chi connectivity index (χ0) is 21.0. The monoisotopic (exact) mass is 393 g/mol. The van der Waals surface area contributed by atoms with Gasteiger partial charge >= 0.3 is 0 Å². The predicted molar refractivity (Wildman–Crippen MR) is 115 cm³/mol. The minimum absolute atomic E-state index is 0.0516. The maximum Gasteiger partial charge on any atom is 0.270 e. The van der Waals surface area contributed by atoms with E-state index in [1.807, 2.05) is 63.2 Å². The molecule has 3 rings (SSSR count). The lowest BCUT2D eigenvalue weighted by Crippen LogP contribution is -2.40. The van der Waals surface area contributed by atoms with Gasteiger partial charge in [0.15, 0.2) is 0 Å². The van der Waals surface area contributed by atoms with Crippen LogP contribution in [0.3, 0.4) is 0 Å². The first-order valence-electron chi connectivity index (χ1n) is 9.62. The second-order valence-electron chi connectivity index (χ2n) is 7.29. The van der Waals surface area contributed by atoms with Crippen LogP contribution in [0.4, 0.5) is 5.69 Å². The summed E-state index contributed by atoms with van der Waals surface area (Å²) < 4.78 is 5.13. The van der Waals surface area contributed by atoms with E-state index in [-0.39, 0.29) is 18.4 Å². The zero-order valence-corrected chi connectivity index (χ0v) is 17.3. The standard InChI is InChI=1S/C23H27N3O3/c1-15-8-9-20-18(12-15)13-21(24-20)23(28)26(10-11-29-4)14-22(27)25-19-7-5-6-16(2)17(19)3/h5-9,12-13,24H,10-11,14H2,1-4H3,(H,25,27). The quantitative estimate of drug-likeness (QED) is 0.641. The van der Waals surface area contributed by atoms with Crippen LogP contribution in [-0.4, -0.2) is 48.5 Å². The van der Waals surface area contributed by atoms with Crippen LogP contribution < -0.4 is 5.32 Å². The van der Waals surface area contributed by atoms with Gasteiger partial charge in [0.1, 0.15) is 12.2 Å². The molecular formula is C23H27N3O3. The number of fused-ring (bicyclic) bond motifs is 1. The molecule has 0 aliphatic heterocycles. The average Bonchev–Trinajstić information content (AvgIpc) is 3.11. The third-order valence-electron chi connectivity index (χ3n) is 5.07. The lowest BCUT2D eigenvalue weighted by Gasteiger charge is -2.21. The number of benzene rings is 2. The van der Waals surface area contributed by atoms with E-state index in [9.17, 15) is 9.59 Å². The van der Waals surface area contributed by atoms with Gasteiger partial charge < -0.3 is 19.9 Å². The largest absolute Gasteiger partial charge is 0.383 e. The molecule has 0 aliphatic carbocycles. The molecule has 2 amide bonds. The molecule has 0 saturated heterocycles. The highest BCUT2D eigenvalue weighted by Gasteiger charge is 2.21. The van der Waals surface area contributed by atoms with Gasteiger partial charge in [-0.15, -0.1) is 0 Å². The number of nitrogens with one attached hydrogen (secondary N) is 2. The molecule has 0 saturated carbocycles. The Bertz CT molecular complexity index is 1040. The normalized spacial score (nSPS) is 10.9. The van der Waals surface area contributed by atoms with Crippen LogP contribution >= 0.6 is 0 Å². The number of aromatic nitrogens is 1. The molecular weight excluding hydrogens is 366 g/mol. The van der Waals surface area contributed by atoms with Gasteiger partial charge in [-0.1, -0.05) is 23.8 Å². The molecule has 152 valence electrons. The van der Waals surface area contributed by atoms with Gasteiger partial charge in [0.2, 0.25) is 5.91 Å². The van der Waals surface area contributed by atoms with Gasteiger partial charge in [-0.25, -0.2) is 0 Å². The number of carbonyl (C=O) groups is 2. The number of hydrogen-bond donors (Lipinski definition) is 2. The molecule has 1 heterocycles. The summed E-state index contributed by atoms with van der Waals surface area (Å²) in [6.07, 6.45) is 0. The number of H-pyrrole nitrogens is 1. The Hall–Kier alpha value is -3.12. The van der Waals surface area contributed by atoms with Crippen molar-refractivity contribution >= 4 is 28.4 Å². The Morgan fingerprint density at radius 1 is 1.10 bits per heavy atom. The maximum atomic E-state index is 13.1. The first kappa shape index (κ1) is 20.6. The summed E-state index contributed by atoms with van der Waals surface area (Å²) in [6, 6.07) is 13.6. The van der Waals surface area contributed by atoms with Crippen molar-refractivity contribution in [3.8, 4) is 0 Å². The van der Waals surface area contributed by atoms with Crippen molar-refractivity contribution in [2.24, 2.45) is 0 Å². The fourth-order valence-corrected chi connectivity index (χ4v) is 3.24. The fraction of sp³-hybridized carbons (Fsp3) is 0.304. The van der Waals surface area contributed by atoms with Crippen LogP contribution in [-0.2, 0) is 9.53 Å². The minimum atomic E-state index is -0.241. The topological polar surface area (TPSA) is 74.4 Å². The van der Waals surface area contributed by atoms with Gasteiger partial charge in [-0.05, 0) is 56.2 Å². The second-order valence-corrected chi connectivity index (χ2v) is 7.29. The molecule has 0 fully saturated rings. The van der Waals surface area contributed by atoms with E-state index < -0.39 is 0 Å². The van der Waals surface area contributed by atoms with Crippen LogP contribution in [0, 0.1) is 20.8 Å². The van der Waals surface area contributed by atoms with Gasteiger partial charge in [0.05, 0.1) is 6.61 Å². The molecule has 2 aromatic carbocycles. The van der Waals surface area contributed by atoms with E-state index in [4.69, 9.17) is 4.74 Å². The third kappa shape index (κ3) is 4.84. The molecule has 29 heavy (non-hydrogen) atoms. The Balaban J connectivity index is 1.77. The van der Waals surface area contributed by atoms with Crippen LogP contribution in [0.2, 0.25) is 0 Å². The van der Waals surface area contributed by atoms with Gasteiger partial charge in [-0.3, -0.25) is 9.59 Å². The summed E-state index contributed by atoms with van der Waals surface area (Å²) in [7, 11) is 1.57. The fourth-order valence-electron chi connectivity index (χ4n) is 3.24. The van der Waals surface area contributed by atoms with Crippen molar-refractivity contribution in [2.75, 3.05) is 32.1 Å². The van der Waals surface area contributed by atoms with E-state index >= 15 is 0 Å². The lowest BCUT2D eigenvalue weighted by molar-refractivity contribution is -0.117. The van der Waals surface area contributed by atoms with Crippen LogP contribution in [0.1, 0.15) is 27.2 Å². The number of aromatic amines is 1. The van der Waals surface area contributed by atoms with Crippen molar-refractivity contribution in [1.82, 2.24) is 9.88 Å². The Kier molecular flexibility index (Phi) is 6.34. The highest BCUT2D eigenvalue weighted by molar-refractivity contribution is 6.01. The van der Waals surface area contributed by atoms with E-state index in [2.05, 4.69) is 10.3 Å². The van der Waals surface area contributed by atoms with Crippen molar-refractivity contribution in [2.45, 2.75) is 20.8 Å². The molecule has 1 aromatic heterocycles. The Labute approximate surface area is 170 Å². The van der Waals surface area contributed by atoms with Crippen LogP contribution in [0.15, 0.2) is 42.5 Å². The number of amides is 2. The molecule has 0 bridgehead atoms. The van der Waals surface area contributed by atoms with Crippen molar-refractivity contribution in [3.05, 3.63) is 64.8 Å². The number of anilines is 1. The molecule has 3 aromatic rings. The maximum absolute atomic E-state index is 13.1.